The van der Waals surface area contributed by atoms with Gasteiger partial charge in [0.05, 0.1) is 6.42 Å². The van der Waals surface area contributed by atoms with Crippen LogP contribution >= 0.6 is 0 Å². The summed E-state index contributed by atoms with van der Waals surface area (Å²) in [6.45, 7) is 2.96. The Morgan fingerprint density at radius 3 is 2.59 bits per heavy atom. The molecule has 0 aromatic rings. The van der Waals surface area contributed by atoms with Crippen molar-refractivity contribution in [1.29, 1.82) is 0 Å². The van der Waals surface area contributed by atoms with Crippen LogP contribution in [-0.4, -0.2) is 36.5 Å². The largest absolute Gasteiger partial charge is 0.335 e. The monoisotopic (exact) mass is 232 g/mol. The molecule has 17 heavy (non-hydrogen) atoms. The molecule has 0 atom stereocenters. The molecule has 92 valence electrons. The fourth-order valence-electron chi connectivity index (χ4n) is 3.12. The first kappa shape index (κ1) is 11.0. The highest BCUT2D eigenvalue weighted by molar-refractivity contribution is 5.83. The molecule has 1 aliphatic carbocycles. The number of hydrogen-bond acceptors (Lipinski definition) is 2. The number of rotatable bonds is 1. The summed E-state index contributed by atoms with van der Waals surface area (Å²) in [5, 5.41) is 3.36. The average molecular weight is 232 g/mol. The van der Waals surface area contributed by atoms with Gasteiger partial charge in [-0.3, -0.25) is 4.79 Å². The summed E-state index contributed by atoms with van der Waals surface area (Å²) >= 11 is 0. The van der Waals surface area contributed by atoms with Crippen molar-refractivity contribution >= 4 is 5.91 Å². The predicted molar refractivity (Wildman–Crippen MR) is 67.6 cm³/mol. The highest BCUT2D eigenvalue weighted by atomic mass is 16.2. The fraction of sp³-hybridized carbons (Fsp3) is 0.643. The Balaban J connectivity index is 1.75. The van der Waals surface area contributed by atoms with E-state index in [1.165, 1.54) is 11.1 Å². The van der Waals surface area contributed by atoms with Crippen LogP contribution in [0.5, 0.6) is 0 Å². The first-order valence-corrected chi connectivity index (χ1v) is 6.73. The minimum Gasteiger partial charge on any atom is -0.335 e. The van der Waals surface area contributed by atoms with Gasteiger partial charge in [0.1, 0.15) is 0 Å². The number of allylic oxidation sites excluding steroid dienone is 2. The molecule has 2 aliphatic heterocycles. The Morgan fingerprint density at radius 1 is 1.12 bits per heavy atom. The van der Waals surface area contributed by atoms with Gasteiger partial charge in [0.2, 0.25) is 5.91 Å². The van der Waals surface area contributed by atoms with Gasteiger partial charge < -0.3 is 10.2 Å². The van der Waals surface area contributed by atoms with Crippen LogP contribution in [0.3, 0.4) is 0 Å². The molecule has 3 rings (SSSR count). The summed E-state index contributed by atoms with van der Waals surface area (Å²) < 4.78 is 0. The Labute approximate surface area is 103 Å². The standard InChI is InChI=1S/C14H20N2O/c17-14-9-11-3-1-2-4-12(11)10-16(14)13-5-7-15-8-6-13/h3-4,13,15H,1-2,5-10H2. The molecule has 3 aliphatic rings. The van der Waals surface area contributed by atoms with Crippen molar-refractivity contribution in [2.24, 2.45) is 0 Å². The maximum absolute atomic E-state index is 12.2. The van der Waals surface area contributed by atoms with Gasteiger partial charge in [-0.25, -0.2) is 0 Å². The van der Waals surface area contributed by atoms with Gasteiger partial charge >= 0.3 is 0 Å². The van der Waals surface area contributed by atoms with Crippen LogP contribution in [0.4, 0.5) is 0 Å². The minimum atomic E-state index is 0.335. The van der Waals surface area contributed by atoms with Crippen LogP contribution in [0.1, 0.15) is 32.1 Å². The summed E-state index contributed by atoms with van der Waals surface area (Å²) in [7, 11) is 0. The molecule has 1 N–H and O–H groups in total. The van der Waals surface area contributed by atoms with Crippen LogP contribution in [0, 0.1) is 0 Å². The normalized spacial score (nSPS) is 26.4. The number of likely N-dealkylation sites (tertiary alicyclic amines) is 1. The lowest BCUT2D eigenvalue weighted by atomic mass is 9.89. The Morgan fingerprint density at radius 2 is 1.82 bits per heavy atom. The van der Waals surface area contributed by atoms with Gasteiger partial charge in [-0.2, -0.15) is 0 Å². The van der Waals surface area contributed by atoms with Crippen molar-refractivity contribution in [2.45, 2.75) is 38.1 Å². The Kier molecular flexibility index (Phi) is 3.02. The molecular formula is C14H20N2O. The van der Waals surface area contributed by atoms with Gasteiger partial charge in [-0.1, -0.05) is 12.2 Å². The molecule has 2 heterocycles. The first-order chi connectivity index (χ1) is 8.34. The van der Waals surface area contributed by atoms with Gasteiger partial charge in [0.15, 0.2) is 0 Å². The summed E-state index contributed by atoms with van der Waals surface area (Å²) in [6.07, 6.45) is 9.70. The van der Waals surface area contributed by atoms with Crippen molar-refractivity contribution < 1.29 is 4.79 Å². The topological polar surface area (TPSA) is 32.3 Å². The highest BCUT2D eigenvalue weighted by Crippen LogP contribution is 2.30. The molecule has 0 radical (unpaired) electrons. The molecular weight excluding hydrogens is 212 g/mol. The lowest BCUT2D eigenvalue weighted by Crippen LogP contribution is -2.49. The quantitative estimate of drug-likeness (QED) is 0.745. The summed E-state index contributed by atoms with van der Waals surface area (Å²) in [4.78, 5) is 14.3. The van der Waals surface area contributed by atoms with Crippen molar-refractivity contribution in [1.82, 2.24) is 10.2 Å². The second kappa shape index (κ2) is 4.65. The van der Waals surface area contributed by atoms with Crippen LogP contribution in [0.2, 0.25) is 0 Å². The van der Waals surface area contributed by atoms with E-state index in [4.69, 9.17) is 0 Å². The Hall–Kier alpha value is -1.09. The maximum atomic E-state index is 12.2. The van der Waals surface area contributed by atoms with Crippen molar-refractivity contribution in [2.75, 3.05) is 19.6 Å². The van der Waals surface area contributed by atoms with Gasteiger partial charge in [-0.15, -0.1) is 0 Å². The third-order valence-corrected chi connectivity index (χ3v) is 4.11. The minimum absolute atomic E-state index is 0.335. The number of nitrogens with one attached hydrogen (secondary N) is 1. The molecule has 0 aromatic carbocycles. The zero-order chi connectivity index (χ0) is 11.7. The van der Waals surface area contributed by atoms with E-state index >= 15 is 0 Å². The summed E-state index contributed by atoms with van der Waals surface area (Å²) in [5.41, 5.74) is 2.71. The molecule has 3 nitrogen and oxygen atoms in total. The van der Waals surface area contributed by atoms with Gasteiger partial charge in [0, 0.05) is 12.6 Å². The van der Waals surface area contributed by atoms with Gasteiger partial charge in [0.25, 0.3) is 0 Å². The molecule has 2 saturated heterocycles. The lowest BCUT2D eigenvalue weighted by molar-refractivity contribution is -0.133. The van der Waals surface area contributed by atoms with Crippen LogP contribution < -0.4 is 5.32 Å². The van der Waals surface area contributed by atoms with Gasteiger partial charge in [-0.05, 0) is 49.9 Å². The molecule has 1 amide bonds. The Bertz CT molecular complexity index is 378. The third-order valence-electron chi connectivity index (χ3n) is 4.11. The third kappa shape index (κ3) is 2.16. The second-order valence-corrected chi connectivity index (χ2v) is 5.22. The number of amides is 1. The van der Waals surface area contributed by atoms with E-state index in [1.54, 1.807) is 0 Å². The number of fused-ring (bicyclic) bond motifs is 1. The van der Waals surface area contributed by atoms with Crippen molar-refractivity contribution in [3.8, 4) is 0 Å². The SMILES string of the molecule is O=C1CC2=CCCC=C2CN1C1CCNCC1. The molecule has 0 saturated carbocycles. The van der Waals surface area contributed by atoms with E-state index in [2.05, 4.69) is 22.4 Å². The summed E-state index contributed by atoms with van der Waals surface area (Å²) in [6, 6.07) is 0.466. The van der Waals surface area contributed by atoms with E-state index < -0.39 is 0 Å². The predicted octanol–water partition coefficient (Wildman–Crippen LogP) is 1.62. The number of hydrogen-bond donors (Lipinski definition) is 1. The molecule has 3 heteroatoms. The van der Waals surface area contributed by atoms with E-state index in [0.29, 0.717) is 18.4 Å². The number of nitrogens with zero attached hydrogens (tertiary/aromatic N) is 1. The van der Waals surface area contributed by atoms with Crippen LogP contribution in [0.25, 0.3) is 0 Å². The molecule has 0 bridgehead atoms. The van der Waals surface area contributed by atoms with Crippen LogP contribution in [0.15, 0.2) is 23.3 Å². The molecule has 0 aromatic heterocycles. The van der Waals surface area contributed by atoms with Crippen LogP contribution in [-0.2, 0) is 4.79 Å². The van der Waals surface area contributed by atoms with E-state index in [0.717, 1.165) is 45.3 Å². The zero-order valence-electron chi connectivity index (χ0n) is 10.2. The van der Waals surface area contributed by atoms with E-state index in [-0.39, 0.29) is 0 Å². The maximum Gasteiger partial charge on any atom is 0.227 e. The van der Waals surface area contributed by atoms with E-state index in [9.17, 15) is 4.79 Å². The first-order valence-electron chi connectivity index (χ1n) is 6.73. The smallest absolute Gasteiger partial charge is 0.227 e. The fourth-order valence-corrected chi connectivity index (χ4v) is 3.12. The molecule has 0 unspecified atom stereocenters. The van der Waals surface area contributed by atoms with Crippen molar-refractivity contribution in [3.05, 3.63) is 23.3 Å². The average Bonchev–Trinajstić information content (AvgIpc) is 2.39. The summed E-state index contributed by atoms with van der Waals surface area (Å²) in [5.74, 6) is 0.335. The lowest BCUT2D eigenvalue weighted by Gasteiger charge is -2.39. The van der Waals surface area contributed by atoms with Crippen molar-refractivity contribution in [3.63, 3.8) is 0 Å². The molecule has 0 spiro atoms. The number of piperidine rings is 2. The number of carbonyl (C=O) groups excluding carboxylic acids is 1. The van der Waals surface area contributed by atoms with E-state index in [1.807, 2.05) is 0 Å². The second-order valence-electron chi connectivity index (χ2n) is 5.22. The number of carbonyl (C=O) groups is 1. The molecule has 2 fully saturated rings. The zero-order valence-corrected chi connectivity index (χ0v) is 10.2. The highest BCUT2D eigenvalue weighted by Gasteiger charge is 2.31.